The SMILES string of the molecule is Cc1ccc(Cl)c(Oc2ccc(C#N)c(Br)c2)c1. The number of nitriles is 1. The molecule has 0 N–H and O–H groups in total. The van der Waals surface area contributed by atoms with E-state index >= 15 is 0 Å². The van der Waals surface area contributed by atoms with Crippen molar-refractivity contribution in [2.24, 2.45) is 0 Å². The number of aryl methyl sites for hydroxylation is 1. The van der Waals surface area contributed by atoms with Crippen molar-refractivity contribution in [3.05, 3.63) is 57.0 Å². The van der Waals surface area contributed by atoms with Crippen molar-refractivity contribution in [3.63, 3.8) is 0 Å². The largest absolute Gasteiger partial charge is 0.456 e. The van der Waals surface area contributed by atoms with Gasteiger partial charge in [0, 0.05) is 4.47 Å². The zero-order valence-corrected chi connectivity index (χ0v) is 11.9. The average Bonchev–Trinajstić information content (AvgIpc) is 2.34. The van der Waals surface area contributed by atoms with Gasteiger partial charge in [0.25, 0.3) is 0 Å². The van der Waals surface area contributed by atoms with Gasteiger partial charge in [-0.25, -0.2) is 0 Å². The lowest BCUT2D eigenvalue weighted by molar-refractivity contribution is 0.482. The van der Waals surface area contributed by atoms with E-state index in [0.717, 1.165) is 5.56 Å². The molecule has 0 aliphatic heterocycles. The van der Waals surface area contributed by atoms with Gasteiger partial charge in [-0.2, -0.15) is 5.26 Å². The van der Waals surface area contributed by atoms with Crippen LogP contribution in [0, 0.1) is 18.3 Å². The second-order valence-corrected chi connectivity index (χ2v) is 5.05. The summed E-state index contributed by atoms with van der Waals surface area (Å²) in [6, 6.07) is 12.8. The zero-order valence-electron chi connectivity index (χ0n) is 9.58. The summed E-state index contributed by atoms with van der Waals surface area (Å²) < 4.78 is 6.40. The summed E-state index contributed by atoms with van der Waals surface area (Å²) in [7, 11) is 0. The fourth-order valence-corrected chi connectivity index (χ4v) is 2.07. The van der Waals surface area contributed by atoms with E-state index in [0.29, 0.717) is 26.6 Å². The molecule has 0 amide bonds. The van der Waals surface area contributed by atoms with Gasteiger partial charge >= 0.3 is 0 Å². The number of rotatable bonds is 2. The fraction of sp³-hybridized carbons (Fsp3) is 0.0714. The van der Waals surface area contributed by atoms with E-state index in [4.69, 9.17) is 21.6 Å². The first-order valence-electron chi connectivity index (χ1n) is 5.24. The third-order valence-electron chi connectivity index (χ3n) is 2.38. The molecule has 2 aromatic rings. The molecule has 0 aliphatic rings. The molecule has 0 aromatic heterocycles. The topological polar surface area (TPSA) is 33.0 Å². The lowest BCUT2D eigenvalue weighted by atomic mass is 10.2. The third kappa shape index (κ3) is 2.84. The molecule has 2 nitrogen and oxygen atoms in total. The second kappa shape index (κ2) is 5.43. The normalized spacial score (nSPS) is 9.89. The maximum atomic E-state index is 8.84. The van der Waals surface area contributed by atoms with Crippen LogP contribution >= 0.6 is 27.5 Å². The van der Waals surface area contributed by atoms with Crippen molar-refractivity contribution >= 4 is 27.5 Å². The summed E-state index contributed by atoms with van der Waals surface area (Å²) in [5.41, 5.74) is 1.64. The first kappa shape index (κ1) is 12.9. The summed E-state index contributed by atoms with van der Waals surface area (Å²) in [5, 5.41) is 9.39. The number of halogens is 2. The van der Waals surface area contributed by atoms with Crippen molar-refractivity contribution in [1.82, 2.24) is 0 Å². The highest BCUT2D eigenvalue weighted by Crippen LogP contribution is 2.32. The van der Waals surface area contributed by atoms with Crippen LogP contribution in [0.1, 0.15) is 11.1 Å². The van der Waals surface area contributed by atoms with Crippen LogP contribution in [-0.2, 0) is 0 Å². The first-order chi connectivity index (χ1) is 8.60. The Morgan fingerprint density at radius 1 is 1.22 bits per heavy atom. The highest BCUT2D eigenvalue weighted by atomic mass is 79.9. The predicted molar refractivity (Wildman–Crippen MR) is 75.1 cm³/mol. The lowest BCUT2D eigenvalue weighted by Crippen LogP contribution is -1.87. The number of hydrogen-bond donors (Lipinski definition) is 0. The number of benzene rings is 2. The summed E-state index contributed by atoms with van der Waals surface area (Å²) in [4.78, 5) is 0. The predicted octanol–water partition coefficient (Wildman–Crippen LogP) is 5.07. The Morgan fingerprint density at radius 3 is 2.67 bits per heavy atom. The van der Waals surface area contributed by atoms with Crippen LogP contribution in [0.3, 0.4) is 0 Å². The maximum Gasteiger partial charge on any atom is 0.146 e. The standard InChI is InChI=1S/C14H9BrClNO/c1-9-2-5-13(16)14(6-9)18-11-4-3-10(8-17)12(15)7-11/h2-7H,1H3. The van der Waals surface area contributed by atoms with Crippen LogP contribution in [0.15, 0.2) is 40.9 Å². The van der Waals surface area contributed by atoms with Gasteiger partial charge in [-0.3, -0.25) is 0 Å². The van der Waals surface area contributed by atoms with Crippen LogP contribution in [0.4, 0.5) is 0 Å². The van der Waals surface area contributed by atoms with Crippen molar-refractivity contribution in [2.75, 3.05) is 0 Å². The molecule has 0 saturated carbocycles. The molecule has 0 atom stereocenters. The minimum atomic E-state index is 0.557. The van der Waals surface area contributed by atoms with E-state index < -0.39 is 0 Å². The molecule has 90 valence electrons. The van der Waals surface area contributed by atoms with Gasteiger partial charge < -0.3 is 4.74 Å². The minimum Gasteiger partial charge on any atom is -0.456 e. The average molecular weight is 323 g/mol. The van der Waals surface area contributed by atoms with Gasteiger partial charge in [-0.15, -0.1) is 0 Å². The number of ether oxygens (including phenoxy) is 1. The molecular formula is C14H9BrClNO. The molecule has 0 saturated heterocycles. The summed E-state index contributed by atoms with van der Waals surface area (Å²) in [5.74, 6) is 1.24. The van der Waals surface area contributed by atoms with Crippen LogP contribution in [0.5, 0.6) is 11.5 Å². The Balaban J connectivity index is 2.32. The molecule has 0 bridgehead atoms. The smallest absolute Gasteiger partial charge is 0.146 e. The van der Waals surface area contributed by atoms with E-state index in [1.165, 1.54) is 0 Å². The third-order valence-corrected chi connectivity index (χ3v) is 3.34. The van der Waals surface area contributed by atoms with Crippen LogP contribution in [-0.4, -0.2) is 0 Å². The molecule has 0 spiro atoms. The minimum absolute atomic E-state index is 0.557. The van der Waals surface area contributed by atoms with E-state index in [9.17, 15) is 0 Å². The summed E-state index contributed by atoms with van der Waals surface area (Å²) in [6.07, 6.45) is 0. The molecule has 18 heavy (non-hydrogen) atoms. The van der Waals surface area contributed by atoms with Crippen molar-refractivity contribution in [2.45, 2.75) is 6.92 Å². The van der Waals surface area contributed by atoms with Gasteiger partial charge in [-0.1, -0.05) is 17.7 Å². The van der Waals surface area contributed by atoms with Gasteiger partial charge in [-0.05, 0) is 58.7 Å². The number of nitrogens with zero attached hydrogens (tertiary/aromatic N) is 1. The highest BCUT2D eigenvalue weighted by Gasteiger charge is 2.06. The zero-order chi connectivity index (χ0) is 13.1. The summed E-state index contributed by atoms with van der Waals surface area (Å²) >= 11 is 9.37. The Labute approximate surface area is 119 Å². The van der Waals surface area contributed by atoms with Crippen LogP contribution < -0.4 is 4.74 Å². The first-order valence-corrected chi connectivity index (χ1v) is 6.41. The molecular weight excluding hydrogens is 314 g/mol. The Hall–Kier alpha value is -1.50. The fourth-order valence-electron chi connectivity index (χ4n) is 1.47. The van der Waals surface area contributed by atoms with Gasteiger partial charge in [0.2, 0.25) is 0 Å². The van der Waals surface area contributed by atoms with Crippen molar-refractivity contribution < 1.29 is 4.74 Å². The molecule has 4 heteroatoms. The monoisotopic (exact) mass is 321 g/mol. The quantitative estimate of drug-likeness (QED) is 0.773. The van der Waals surface area contributed by atoms with Crippen LogP contribution in [0.25, 0.3) is 0 Å². The van der Waals surface area contributed by atoms with E-state index in [-0.39, 0.29) is 0 Å². The molecule has 0 aliphatic carbocycles. The lowest BCUT2D eigenvalue weighted by Gasteiger charge is -2.09. The van der Waals surface area contributed by atoms with Crippen molar-refractivity contribution in [1.29, 1.82) is 5.26 Å². The molecule has 2 rings (SSSR count). The Kier molecular flexibility index (Phi) is 3.90. The molecule has 0 fully saturated rings. The molecule has 0 heterocycles. The molecule has 0 radical (unpaired) electrons. The number of hydrogen-bond acceptors (Lipinski definition) is 2. The highest BCUT2D eigenvalue weighted by molar-refractivity contribution is 9.10. The second-order valence-electron chi connectivity index (χ2n) is 3.79. The maximum absolute atomic E-state index is 8.84. The van der Waals surface area contributed by atoms with E-state index in [1.54, 1.807) is 24.3 Å². The van der Waals surface area contributed by atoms with E-state index in [2.05, 4.69) is 22.0 Å². The summed E-state index contributed by atoms with van der Waals surface area (Å²) in [6.45, 7) is 1.97. The van der Waals surface area contributed by atoms with Gasteiger partial charge in [0.15, 0.2) is 0 Å². The molecule has 2 aromatic carbocycles. The van der Waals surface area contributed by atoms with Gasteiger partial charge in [0.1, 0.15) is 17.6 Å². The van der Waals surface area contributed by atoms with Gasteiger partial charge in [0.05, 0.1) is 10.6 Å². The van der Waals surface area contributed by atoms with E-state index in [1.807, 2.05) is 19.1 Å². The Morgan fingerprint density at radius 2 is 2.00 bits per heavy atom. The van der Waals surface area contributed by atoms with Crippen LogP contribution in [0.2, 0.25) is 5.02 Å². The Bertz CT molecular complexity index is 634. The molecule has 0 unspecified atom stereocenters. The van der Waals surface area contributed by atoms with Crippen molar-refractivity contribution in [3.8, 4) is 17.6 Å².